The fourth-order valence-electron chi connectivity index (χ4n) is 3.21. The molecule has 4 N–H and O–H groups in total. The Bertz CT molecular complexity index is 1110. The maximum Gasteiger partial charge on any atom is 0.503 e. The van der Waals surface area contributed by atoms with Crippen molar-refractivity contribution in [1.82, 2.24) is 14.5 Å². The summed E-state index contributed by atoms with van der Waals surface area (Å²) in [6.45, 7) is 1.96. The number of aromatic nitrogens is 2. The predicted octanol–water partition coefficient (Wildman–Crippen LogP) is 2.73. The van der Waals surface area contributed by atoms with Crippen LogP contribution >= 0.6 is 11.3 Å². The van der Waals surface area contributed by atoms with Gasteiger partial charge in [0.1, 0.15) is 9.21 Å². The molecule has 3 aromatic rings. The number of aliphatic hydroxyl groups is 1. The van der Waals surface area contributed by atoms with Crippen molar-refractivity contribution in [1.29, 1.82) is 0 Å². The van der Waals surface area contributed by atoms with Gasteiger partial charge in [0.25, 0.3) is 0 Å². The highest BCUT2D eigenvalue weighted by atomic mass is 32.2. The fourth-order valence-corrected chi connectivity index (χ4v) is 5.80. The first-order valence-electron chi connectivity index (χ1n) is 8.96. The van der Waals surface area contributed by atoms with Crippen LogP contribution in [0.25, 0.3) is 5.00 Å². The molecule has 1 aromatic carbocycles. The Labute approximate surface area is 177 Å². The van der Waals surface area contributed by atoms with Gasteiger partial charge < -0.3 is 15.3 Å². The monoisotopic (exact) mass is 451 g/mol. The van der Waals surface area contributed by atoms with Crippen LogP contribution in [0.3, 0.4) is 0 Å². The van der Waals surface area contributed by atoms with Crippen LogP contribution in [0.5, 0.6) is 0 Å². The summed E-state index contributed by atoms with van der Waals surface area (Å²) in [6.07, 6.45) is 1.41. The van der Waals surface area contributed by atoms with Crippen molar-refractivity contribution in [2.24, 2.45) is 5.92 Å². The molecule has 1 aliphatic carbocycles. The third-order valence-corrected chi connectivity index (χ3v) is 7.76. The number of hydrogen-bond acceptors (Lipinski definition) is 6. The molecule has 1 aliphatic rings. The molecule has 0 aliphatic heterocycles. The van der Waals surface area contributed by atoms with Crippen molar-refractivity contribution in [2.75, 3.05) is 0 Å². The highest BCUT2D eigenvalue weighted by Gasteiger charge is 2.49. The lowest BCUT2D eigenvalue weighted by atomic mass is 10.1. The van der Waals surface area contributed by atoms with E-state index in [1.54, 1.807) is 29.2 Å². The number of sulfonamides is 1. The number of benzene rings is 1. The SMILES string of the molecule is C[C@H]1[C@H](NS(=O)(=O)c2ccc(-n3cc(CO)cn3)s2)[C@H]1c1ccccc1.O=C(O)O. The first-order chi connectivity index (χ1) is 14.2. The summed E-state index contributed by atoms with van der Waals surface area (Å²) in [5, 5.41) is 27.9. The van der Waals surface area contributed by atoms with E-state index in [4.69, 9.17) is 20.1 Å². The lowest BCUT2D eigenvalue weighted by Crippen LogP contribution is -2.27. The highest BCUT2D eigenvalue weighted by molar-refractivity contribution is 7.91. The predicted molar refractivity (Wildman–Crippen MR) is 110 cm³/mol. The largest absolute Gasteiger partial charge is 0.503 e. The molecule has 30 heavy (non-hydrogen) atoms. The van der Waals surface area contributed by atoms with Crippen LogP contribution in [-0.4, -0.2) is 45.7 Å². The minimum atomic E-state index is -3.58. The van der Waals surface area contributed by atoms with Crippen LogP contribution in [0.2, 0.25) is 0 Å². The molecule has 1 fully saturated rings. The molecule has 0 saturated heterocycles. The van der Waals surface area contributed by atoms with Gasteiger partial charge in [-0.25, -0.2) is 22.6 Å². The highest BCUT2D eigenvalue weighted by Crippen LogP contribution is 2.48. The third-order valence-electron chi connectivity index (χ3n) is 4.73. The van der Waals surface area contributed by atoms with E-state index < -0.39 is 16.2 Å². The Morgan fingerprint density at radius 3 is 2.47 bits per heavy atom. The van der Waals surface area contributed by atoms with Crippen LogP contribution < -0.4 is 4.72 Å². The molecule has 160 valence electrons. The quantitative estimate of drug-likeness (QED) is 0.451. The summed E-state index contributed by atoms with van der Waals surface area (Å²) in [5.74, 6) is 0.480. The summed E-state index contributed by atoms with van der Waals surface area (Å²) in [5.41, 5.74) is 1.84. The summed E-state index contributed by atoms with van der Waals surface area (Å²) >= 11 is 1.15. The summed E-state index contributed by atoms with van der Waals surface area (Å²) < 4.78 is 30.2. The molecule has 0 radical (unpaired) electrons. The molecular formula is C19H21N3O6S2. The molecule has 0 amide bonds. The average molecular weight is 452 g/mol. The number of nitrogens with zero attached hydrogens (tertiary/aromatic N) is 2. The Morgan fingerprint density at radius 2 is 1.87 bits per heavy atom. The van der Waals surface area contributed by atoms with Crippen LogP contribution in [0.4, 0.5) is 4.79 Å². The molecule has 1 saturated carbocycles. The van der Waals surface area contributed by atoms with Gasteiger partial charge in [0.2, 0.25) is 10.0 Å². The Kier molecular flexibility index (Phi) is 6.56. The first kappa shape index (κ1) is 22.0. The van der Waals surface area contributed by atoms with E-state index >= 15 is 0 Å². The lowest BCUT2D eigenvalue weighted by Gasteiger charge is -2.04. The Hall–Kier alpha value is -2.73. The van der Waals surface area contributed by atoms with Crippen molar-refractivity contribution in [3.05, 3.63) is 66.0 Å². The zero-order valence-electron chi connectivity index (χ0n) is 15.9. The van der Waals surface area contributed by atoms with Gasteiger partial charge in [-0.15, -0.1) is 11.3 Å². The van der Waals surface area contributed by atoms with Gasteiger partial charge in [-0.1, -0.05) is 37.3 Å². The molecule has 0 spiro atoms. The minimum absolute atomic E-state index is 0.0846. The van der Waals surface area contributed by atoms with Crippen LogP contribution in [0.1, 0.15) is 24.0 Å². The van der Waals surface area contributed by atoms with E-state index in [1.807, 2.05) is 30.3 Å². The van der Waals surface area contributed by atoms with Crippen LogP contribution in [0.15, 0.2) is 59.1 Å². The van der Waals surface area contributed by atoms with Gasteiger partial charge in [0, 0.05) is 23.7 Å². The second-order valence-corrected chi connectivity index (χ2v) is 9.77. The van der Waals surface area contributed by atoms with Gasteiger partial charge >= 0.3 is 6.16 Å². The van der Waals surface area contributed by atoms with Gasteiger partial charge in [0.05, 0.1) is 12.8 Å². The minimum Gasteiger partial charge on any atom is -0.450 e. The topological polar surface area (TPSA) is 142 Å². The zero-order valence-corrected chi connectivity index (χ0v) is 17.5. The van der Waals surface area contributed by atoms with E-state index in [9.17, 15) is 8.42 Å². The second kappa shape index (κ2) is 8.96. The first-order valence-corrected chi connectivity index (χ1v) is 11.3. The second-order valence-electron chi connectivity index (χ2n) is 6.77. The molecule has 0 unspecified atom stereocenters. The van der Waals surface area contributed by atoms with Crippen molar-refractivity contribution in [3.8, 4) is 5.00 Å². The van der Waals surface area contributed by atoms with Crippen molar-refractivity contribution in [2.45, 2.75) is 29.7 Å². The maximum atomic E-state index is 12.7. The third kappa shape index (κ3) is 5.05. The molecule has 11 heteroatoms. The number of carboxylic acid groups (broad SMARTS) is 2. The summed E-state index contributed by atoms with van der Waals surface area (Å²) in [4.78, 5) is 8.56. The van der Waals surface area contributed by atoms with E-state index in [0.29, 0.717) is 10.6 Å². The van der Waals surface area contributed by atoms with Gasteiger partial charge in [-0.05, 0) is 23.6 Å². The van der Waals surface area contributed by atoms with Crippen molar-refractivity contribution in [3.63, 3.8) is 0 Å². The van der Waals surface area contributed by atoms with E-state index in [1.165, 1.54) is 0 Å². The Morgan fingerprint density at radius 1 is 1.20 bits per heavy atom. The molecule has 3 atom stereocenters. The number of thiophene rings is 1. The molecule has 2 aromatic heterocycles. The standard InChI is InChI=1S/C18H19N3O3S2.CH2O3/c1-12-17(14-5-3-2-4-6-14)18(12)20-26(23,24)16-8-7-15(25-16)21-10-13(11-22)9-19-21;2-1(3)4/h2-10,12,17-18,20,22H,11H2,1H3;(H2,2,3,4)/t12-,17-,18+;/m1./s1. The smallest absolute Gasteiger partial charge is 0.450 e. The number of aliphatic hydroxyl groups excluding tert-OH is 1. The van der Waals surface area contributed by atoms with E-state index in [-0.39, 0.29) is 28.7 Å². The lowest BCUT2D eigenvalue weighted by molar-refractivity contribution is 0.137. The van der Waals surface area contributed by atoms with Gasteiger partial charge in [-0.3, -0.25) is 0 Å². The number of rotatable bonds is 6. The van der Waals surface area contributed by atoms with Crippen molar-refractivity contribution >= 4 is 27.5 Å². The molecule has 4 rings (SSSR count). The summed E-state index contributed by atoms with van der Waals surface area (Å²) in [7, 11) is -3.58. The van der Waals surface area contributed by atoms with Gasteiger partial charge in [-0.2, -0.15) is 5.10 Å². The Balaban J connectivity index is 0.000000589. The zero-order chi connectivity index (χ0) is 21.9. The normalized spacial score (nSPS) is 20.3. The number of nitrogens with one attached hydrogen (secondary N) is 1. The fraction of sp³-hybridized carbons (Fsp3) is 0.263. The summed E-state index contributed by atoms with van der Waals surface area (Å²) in [6, 6.07) is 13.2. The molecule has 9 nitrogen and oxygen atoms in total. The maximum absolute atomic E-state index is 12.7. The molecular weight excluding hydrogens is 430 g/mol. The van der Waals surface area contributed by atoms with Crippen LogP contribution in [-0.2, 0) is 16.6 Å². The van der Waals surface area contributed by atoms with E-state index in [0.717, 1.165) is 16.9 Å². The van der Waals surface area contributed by atoms with Gasteiger partial charge in [0.15, 0.2) is 0 Å². The van der Waals surface area contributed by atoms with E-state index in [2.05, 4.69) is 16.7 Å². The molecule has 0 bridgehead atoms. The molecule has 2 heterocycles. The van der Waals surface area contributed by atoms with Crippen LogP contribution in [0, 0.1) is 5.92 Å². The average Bonchev–Trinajstić information content (AvgIpc) is 3.14. The number of hydrogen-bond donors (Lipinski definition) is 4. The number of carbonyl (C=O) groups is 1. The van der Waals surface area contributed by atoms with Crippen molar-refractivity contribution < 1.29 is 28.5 Å².